The van der Waals surface area contributed by atoms with Gasteiger partial charge in [-0.3, -0.25) is 0 Å². The maximum absolute atomic E-state index is 11.8. The van der Waals surface area contributed by atoms with E-state index in [4.69, 9.17) is 4.74 Å². The van der Waals surface area contributed by atoms with Crippen molar-refractivity contribution in [1.29, 1.82) is 0 Å². The van der Waals surface area contributed by atoms with Gasteiger partial charge in [0.1, 0.15) is 6.61 Å². The Morgan fingerprint density at radius 3 is 2.27 bits per heavy atom. The molecule has 0 saturated heterocycles. The lowest BCUT2D eigenvalue weighted by Gasteiger charge is -2.14. The van der Waals surface area contributed by atoms with Crippen LogP contribution in [0.5, 0.6) is 0 Å². The van der Waals surface area contributed by atoms with E-state index in [1.165, 1.54) is 0 Å². The van der Waals surface area contributed by atoms with E-state index < -0.39 is 12.1 Å². The second-order valence-corrected chi connectivity index (χ2v) is 5.37. The lowest BCUT2D eigenvalue weighted by molar-refractivity contribution is -0.154. The topological polar surface area (TPSA) is 49.8 Å². The molecule has 2 aromatic rings. The Kier molecular flexibility index (Phi) is 5.55. The number of carbonyl (C=O) groups excluding carboxylic acids is 1. The van der Waals surface area contributed by atoms with E-state index in [9.17, 15) is 9.90 Å². The standard InChI is InChI=1S/C18H21NO3/c1-19(2)16-10-8-14(9-11-16)12-17(20)18(21)22-13-15-6-4-3-5-7-15/h3-11,17,20H,12-13H2,1-2H3/t17-/m1/s1. The third-order valence-electron chi connectivity index (χ3n) is 3.38. The largest absolute Gasteiger partial charge is 0.459 e. The van der Waals surface area contributed by atoms with Gasteiger partial charge in [-0.05, 0) is 23.3 Å². The molecule has 0 amide bonds. The van der Waals surface area contributed by atoms with Crippen LogP contribution in [0.2, 0.25) is 0 Å². The highest BCUT2D eigenvalue weighted by atomic mass is 16.5. The summed E-state index contributed by atoms with van der Waals surface area (Å²) in [4.78, 5) is 13.8. The van der Waals surface area contributed by atoms with Gasteiger partial charge in [-0.1, -0.05) is 42.5 Å². The van der Waals surface area contributed by atoms with Crippen molar-refractivity contribution in [2.45, 2.75) is 19.1 Å². The minimum absolute atomic E-state index is 0.177. The number of hydrogen-bond acceptors (Lipinski definition) is 4. The average molecular weight is 299 g/mol. The van der Waals surface area contributed by atoms with E-state index in [2.05, 4.69) is 0 Å². The molecule has 2 aromatic carbocycles. The van der Waals surface area contributed by atoms with Crippen molar-refractivity contribution in [2.24, 2.45) is 0 Å². The molecule has 0 aliphatic rings. The minimum atomic E-state index is -1.14. The number of rotatable bonds is 6. The van der Waals surface area contributed by atoms with Crippen LogP contribution in [-0.4, -0.2) is 31.3 Å². The molecule has 0 heterocycles. The summed E-state index contributed by atoms with van der Waals surface area (Å²) in [7, 11) is 3.93. The Balaban J connectivity index is 1.85. The zero-order chi connectivity index (χ0) is 15.9. The van der Waals surface area contributed by atoms with Crippen LogP contribution in [0, 0.1) is 0 Å². The molecule has 0 spiro atoms. The van der Waals surface area contributed by atoms with Crippen LogP contribution in [0.15, 0.2) is 54.6 Å². The number of anilines is 1. The molecule has 0 aliphatic carbocycles. The molecule has 22 heavy (non-hydrogen) atoms. The van der Waals surface area contributed by atoms with Gasteiger partial charge in [0.15, 0.2) is 6.10 Å². The molecule has 0 fully saturated rings. The molecule has 0 bridgehead atoms. The summed E-state index contributed by atoms with van der Waals surface area (Å²) in [5.74, 6) is -0.597. The fourth-order valence-corrected chi connectivity index (χ4v) is 2.06. The van der Waals surface area contributed by atoms with Gasteiger partial charge in [0.25, 0.3) is 0 Å². The van der Waals surface area contributed by atoms with Crippen molar-refractivity contribution in [3.8, 4) is 0 Å². The quantitative estimate of drug-likeness (QED) is 0.832. The molecule has 0 radical (unpaired) electrons. The van der Waals surface area contributed by atoms with Crippen molar-refractivity contribution in [2.75, 3.05) is 19.0 Å². The van der Waals surface area contributed by atoms with Gasteiger partial charge in [-0.2, -0.15) is 0 Å². The van der Waals surface area contributed by atoms with Crippen molar-refractivity contribution in [3.63, 3.8) is 0 Å². The van der Waals surface area contributed by atoms with Crippen LogP contribution in [0.3, 0.4) is 0 Å². The van der Waals surface area contributed by atoms with Gasteiger partial charge in [0.05, 0.1) is 0 Å². The summed E-state index contributed by atoms with van der Waals surface area (Å²) in [5, 5.41) is 9.94. The zero-order valence-electron chi connectivity index (χ0n) is 12.9. The summed E-state index contributed by atoms with van der Waals surface area (Å²) in [6.45, 7) is 0.177. The predicted octanol–water partition coefficient (Wildman–Crippen LogP) is 2.40. The molecular formula is C18H21NO3. The normalized spacial score (nSPS) is 11.8. The number of esters is 1. The van der Waals surface area contributed by atoms with Gasteiger partial charge >= 0.3 is 5.97 Å². The molecule has 0 aromatic heterocycles. The highest BCUT2D eigenvalue weighted by Crippen LogP contribution is 2.14. The van der Waals surface area contributed by atoms with Crippen LogP contribution in [0.4, 0.5) is 5.69 Å². The first-order valence-electron chi connectivity index (χ1n) is 7.21. The first-order chi connectivity index (χ1) is 10.6. The molecule has 1 N–H and O–H groups in total. The second kappa shape index (κ2) is 7.61. The van der Waals surface area contributed by atoms with E-state index in [1.807, 2.05) is 73.6 Å². The number of ether oxygens (including phenoxy) is 1. The number of carbonyl (C=O) groups is 1. The highest BCUT2D eigenvalue weighted by Gasteiger charge is 2.17. The van der Waals surface area contributed by atoms with Gasteiger partial charge in [0.2, 0.25) is 0 Å². The smallest absolute Gasteiger partial charge is 0.335 e. The maximum atomic E-state index is 11.8. The maximum Gasteiger partial charge on any atom is 0.335 e. The summed E-state index contributed by atoms with van der Waals surface area (Å²) >= 11 is 0. The zero-order valence-corrected chi connectivity index (χ0v) is 12.9. The first kappa shape index (κ1) is 16.0. The number of hydrogen-bond donors (Lipinski definition) is 1. The summed E-state index contributed by atoms with van der Waals surface area (Å²) < 4.78 is 5.13. The fourth-order valence-electron chi connectivity index (χ4n) is 2.06. The summed E-state index contributed by atoms with van der Waals surface area (Å²) in [6, 6.07) is 17.1. The van der Waals surface area contributed by atoms with Crippen LogP contribution in [-0.2, 0) is 22.6 Å². The summed E-state index contributed by atoms with van der Waals surface area (Å²) in [6.07, 6.45) is -0.893. The molecule has 0 saturated carbocycles. The molecule has 0 aliphatic heterocycles. The van der Waals surface area contributed by atoms with Crippen LogP contribution in [0.25, 0.3) is 0 Å². The lowest BCUT2D eigenvalue weighted by Crippen LogP contribution is -2.25. The molecule has 4 heteroatoms. The Morgan fingerprint density at radius 1 is 1.05 bits per heavy atom. The Morgan fingerprint density at radius 2 is 1.68 bits per heavy atom. The van der Waals surface area contributed by atoms with E-state index in [0.29, 0.717) is 0 Å². The highest BCUT2D eigenvalue weighted by molar-refractivity contribution is 5.74. The van der Waals surface area contributed by atoms with Crippen LogP contribution >= 0.6 is 0 Å². The molecule has 1 atom stereocenters. The predicted molar refractivity (Wildman–Crippen MR) is 86.7 cm³/mol. The molecular weight excluding hydrogens is 278 g/mol. The van der Waals surface area contributed by atoms with Crippen molar-refractivity contribution < 1.29 is 14.6 Å². The van der Waals surface area contributed by atoms with Gasteiger partial charge in [0, 0.05) is 26.2 Å². The lowest BCUT2D eigenvalue weighted by atomic mass is 10.1. The van der Waals surface area contributed by atoms with E-state index in [0.717, 1.165) is 16.8 Å². The first-order valence-corrected chi connectivity index (χ1v) is 7.21. The van der Waals surface area contributed by atoms with Crippen molar-refractivity contribution >= 4 is 11.7 Å². The Labute approximate surface area is 131 Å². The van der Waals surface area contributed by atoms with E-state index in [1.54, 1.807) is 0 Å². The molecule has 2 rings (SSSR count). The van der Waals surface area contributed by atoms with Gasteiger partial charge < -0.3 is 14.7 Å². The number of nitrogens with zero attached hydrogens (tertiary/aromatic N) is 1. The molecule has 0 unspecified atom stereocenters. The third-order valence-corrected chi connectivity index (χ3v) is 3.38. The Hall–Kier alpha value is -2.33. The molecule has 116 valence electrons. The molecule has 4 nitrogen and oxygen atoms in total. The van der Waals surface area contributed by atoms with Crippen LogP contribution in [0.1, 0.15) is 11.1 Å². The second-order valence-electron chi connectivity index (χ2n) is 5.37. The minimum Gasteiger partial charge on any atom is -0.459 e. The average Bonchev–Trinajstić information content (AvgIpc) is 2.54. The number of benzene rings is 2. The van der Waals surface area contributed by atoms with E-state index >= 15 is 0 Å². The summed E-state index contributed by atoms with van der Waals surface area (Å²) in [5.41, 5.74) is 2.87. The van der Waals surface area contributed by atoms with E-state index in [-0.39, 0.29) is 13.0 Å². The van der Waals surface area contributed by atoms with Crippen molar-refractivity contribution in [1.82, 2.24) is 0 Å². The number of aliphatic hydroxyl groups is 1. The van der Waals surface area contributed by atoms with Gasteiger partial charge in [-0.15, -0.1) is 0 Å². The van der Waals surface area contributed by atoms with Gasteiger partial charge in [-0.25, -0.2) is 4.79 Å². The third kappa shape index (κ3) is 4.60. The van der Waals surface area contributed by atoms with Crippen LogP contribution < -0.4 is 4.90 Å². The van der Waals surface area contributed by atoms with Crippen molar-refractivity contribution in [3.05, 3.63) is 65.7 Å². The monoisotopic (exact) mass is 299 g/mol. The Bertz CT molecular complexity index is 593. The number of aliphatic hydroxyl groups excluding tert-OH is 1. The SMILES string of the molecule is CN(C)c1ccc(C[C@@H](O)C(=O)OCc2ccccc2)cc1. The fraction of sp³-hybridized carbons (Fsp3) is 0.278.